The van der Waals surface area contributed by atoms with Gasteiger partial charge in [0.25, 0.3) is 0 Å². The van der Waals surface area contributed by atoms with E-state index in [0.717, 1.165) is 5.92 Å². The van der Waals surface area contributed by atoms with E-state index in [1.54, 1.807) is 11.3 Å². The van der Waals surface area contributed by atoms with Gasteiger partial charge in [-0.1, -0.05) is 19.8 Å². The van der Waals surface area contributed by atoms with Gasteiger partial charge in [0.1, 0.15) is 0 Å². The topological polar surface area (TPSA) is 24.9 Å². The summed E-state index contributed by atoms with van der Waals surface area (Å²) in [6, 6.07) is 1.11. The largest absolute Gasteiger partial charge is 0.306 e. The van der Waals surface area contributed by atoms with Gasteiger partial charge in [-0.2, -0.15) is 0 Å². The Morgan fingerprint density at radius 1 is 1.53 bits per heavy atom. The molecule has 1 aliphatic carbocycles. The summed E-state index contributed by atoms with van der Waals surface area (Å²) in [6.07, 6.45) is 5.44. The Balaban J connectivity index is 1.86. The average Bonchev–Trinajstić information content (AvgIpc) is 2.70. The molecule has 2 nitrogen and oxygen atoms in total. The fourth-order valence-electron chi connectivity index (χ4n) is 2.46. The van der Waals surface area contributed by atoms with Crippen LogP contribution in [0.3, 0.4) is 0 Å². The normalized spacial score (nSPS) is 28.9. The Bertz CT molecular complexity index is 284. The third kappa shape index (κ3) is 3.02. The van der Waals surface area contributed by atoms with Crippen LogP contribution in [0.2, 0.25) is 0 Å². The van der Waals surface area contributed by atoms with Gasteiger partial charge in [0.05, 0.1) is 11.2 Å². The predicted molar refractivity (Wildman–Crippen MR) is 65.1 cm³/mol. The van der Waals surface area contributed by atoms with Crippen LogP contribution >= 0.6 is 11.3 Å². The first-order valence-corrected chi connectivity index (χ1v) is 6.84. The molecule has 1 N–H and O–H groups in total. The second-order valence-electron chi connectivity index (χ2n) is 4.77. The van der Waals surface area contributed by atoms with Crippen LogP contribution in [-0.4, -0.2) is 11.0 Å². The molecule has 1 aromatic heterocycles. The summed E-state index contributed by atoms with van der Waals surface area (Å²) in [5.74, 6) is 0.888. The van der Waals surface area contributed by atoms with E-state index in [0.29, 0.717) is 12.1 Å². The molecule has 0 saturated heterocycles. The van der Waals surface area contributed by atoms with Crippen molar-refractivity contribution in [1.82, 2.24) is 10.3 Å². The maximum Gasteiger partial charge on any atom is 0.0795 e. The number of hydrogen-bond acceptors (Lipinski definition) is 3. The minimum Gasteiger partial charge on any atom is -0.306 e. The highest BCUT2D eigenvalue weighted by Crippen LogP contribution is 2.25. The van der Waals surface area contributed by atoms with Gasteiger partial charge >= 0.3 is 0 Å². The predicted octanol–water partition coefficient (Wildman–Crippen LogP) is 3.37. The summed E-state index contributed by atoms with van der Waals surface area (Å²) in [6.45, 7) is 4.58. The molecule has 1 fully saturated rings. The van der Waals surface area contributed by atoms with Crippen molar-refractivity contribution >= 4 is 11.3 Å². The second kappa shape index (κ2) is 5.08. The van der Waals surface area contributed by atoms with Gasteiger partial charge in [0.2, 0.25) is 0 Å². The van der Waals surface area contributed by atoms with Crippen molar-refractivity contribution in [1.29, 1.82) is 0 Å². The van der Waals surface area contributed by atoms with Crippen LogP contribution in [0.1, 0.15) is 51.3 Å². The zero-order valence-electron chi connectivity index (χ0n) is 9.57. The summed E-state index contributed by atoms with van der Waals surface area (Å²) in [5.41, 5.74) is 3.11. The summed E-state index contributed by atoms with van der Waals surface area (Å²) < 4.78 is 0. The maximum atomic E-state index is 4.36. The first kappa shape index (κ1) is 11.1. The van der Waals surface area contributed by atoms with Crippen molar-refractivity contribution in [2.24, 2.45) is 5.92 Å². The lowest BCUT2D eigenvalue weighted by atomic mass is 9.87. The van der Waals surface area contributed by atoms with E-state index in [4.69, 9.17) is 0 Å². The Morgan fingerprint density at radius 2 is 2.40 bits per heavy atom. The Morgan fingerprint density at radius 3 is 3.07 bits per heavy atom. The minimum absolute atomic E-state index is 0.409. The zero-order valence-corrected chi connectivity index (χ0v) is 10.4. The first-order valence-electron chi connectivity index (χ1n) is 5.90. The molecule has 3 unspecified atom stereocenters. The van der Waals surface area contributed by atoms with Crippen LogP contribution in [0, 0.1) is 5.92 Å². The van der Waals surface area contributed by atoms with Crippen molar-refractivity contribution in [3.8, 4) is 0 Å². The minimum atomic E-state index is 0.409. The van der Waals surface area contributed by atoms with Crippen molar-refractivity contribution in [2.45, 2.75) is 51.6 Å². The zero-order chi connectivity index (χ0) is 10.7. The molecular formula is C12H20N2S. The van der Waals surface area contributed by atoms with Gasteiger partial charge in [-0.15, -0.1) is 11.3 Å². The summed E-state index contributed by atoms with van der Waals surface area (Å²) >= 11 is 1.68. The third-order valence-electron chi connectivity index (χ3n) is 3.32. The molecule has 0 spiro atoms. The SMILES string of the molecule is CC1CCCC(NC(C)c2cscn2)C1. The highest BCUT2D eigenvalue weighted by atomic mass is 32.1. The molecule has 3 atom stereocenters. The summed E-state index contributed by atoms with van der Waals surface area (Å²) in [5, 5.41) is 5.84. The van der Waals surface area contributed by atoms with Crippen molar-refractivity contribution in [2.75, 3.05) is 0 Å². The number of nitrogens with zero attached hydrogens (tertiary/aromatic N) is 1. The fourth-order valence-corrected chi connectivity index (χ4v) is 3.11. The fraction of sp³-hybridized carbons (Fsp3) is 0.750. The van der Waals surface area contributed by atoms with E-state index < -0.39 is 0 Å². The smallest absolute Gasteiger partial charge is 0.0795 e. The van der Waals surface area contributed by atoms with E-state index in [1.165, 1.54) is 31.4 Å². The van der Waals surface area contributed by atoms with Crippen molar-refractivity contribution in [3.63, 3.8) is 0 Å². The molecule has 0 amide bonds. The lowest BCUT2D eigenvalue weighted by Gasteiger charge is -2.29. The van der Waals surface area contributed by atoms with Crippen molar-refractivity contribution < 1.29 is 0 Å². The van der Waals surface area contributed by atoms with Gasteiger partial charge in [-0.3, -0.25) is 0 Å². The van der Waals surface area contributed by atoms with Crippen LogP contribution < -0.4 is 5.32 Å². The molecule has 15 heavy (non-hydrogen) atoms. The van der Waals surface area contributed by atoms with Crippen LogP contribution in [0.15, 0.2) is 10.9 Å². The molecule has 1 aromatic rings. The van der Waals surface area contributed by atoms with Gasteiger partial charge in [0.15, 0.2) is 0 Å². The number of hydrogen-bond donors (Lipinski definition) is 1. The van der Waals surface area contributed by atoms with Gasteiger partial charge in [0, 0.05) is 17.5 Å². The van der Waals surface area contributed by atoms with Crippen molar-refractivity contribution in [3.05, 3.63) is 16.6 Å². The lowest BCUT2D eigenvalue weighted by molar-refractivity contribution is 0.284. The Kier molecular flexibility index (Phi) is 3.76. The number of nitrogens with one attached hydrogen (secondary N) is 1. The van der Waals surface area contributed by atoms with E-state index in [-0.39, 0.29) is 0 Å². The second-order valence-corrected chi connectivity index (χ2v) is 5.49. The third-order valence-corrected chi connectivity index (χ3v) is 3.92. The molecular weight excluding hydrogens is 204 g/mol. The molecule has 1 aliphatic rings. The molecule has 2 rings (SSSR count). The van der Waals surface area contributed by atoms with Crippen LogP contribution in [-0.2, 0) is 0 Å². The monoisotopic (exact) mass is 224 g/mol. The Labute approximate surface area is 96.1 Å². The molecule has 0 radical (unpaired) electrons. The van der Waals surface area contributed by atoms with Gasteiger partial charge < -0.3 is 5.32 Å². The number of thiazole rings is 1. The summed E-state index contributed by atoms with van der Waals surface area (Å²) in [7, 11) is 0. The number of aromatic nitrogens is 1. The average molecular weight is 224 g/mol. The Hall–Kier alpha value is -0.410. The molecule has 0 aliphatic heterocycles. The molecule has 84 valence electrons. The lowest BCUT2D eigenvalue weighted by Crippen LogP contribution is -2.35. The molecule has 1 saturated carbocycles. The molecule has 3 heteroatoms. The van der Waals surface area contributed by atoms with E-state index in [9.17, 15) is 0 Å². The molecule has 0 bridgehead atoms. The van der Waals surface area contributed by atoms with Crippen LogP contribution in [0.4, 0.5) is 0 Å². The summed E-state index contributed by atoms with van der Waals surface area (Å²) in [4.78, 5) is 4.36. The highest BCUT2D eigenvalue weighted by molar-refractivity contribution is 7.07. The van der Waals surface area contributed by atoms with E-state index >= 15 is 0 Å². The van der Waals surface area contributed by atoms with Crippen LogP contribution in [0.25, 0.3) is 0 Å². The van der Waals surface area contributed by atoms with Gasteiger partial charge in [-0.25, -0.2) is 4.98 Å². The molecule has 0 aromatic carbocycles. The molecule has 1 heterocycles. The maximum absolute atomic E-state index is 4.36. The van der Waals surface area contributed by atoms with Crippen LogP contribution in [0.5, 0.6) is 0 Å². The van der Waals surface area contributed by atoms with E-state index in [2.05, 4.69) is 29.5 Å². The highest BCUT2D eigenvalue weighted by Gasteiger charge is 2.20. The number of rotatable bonds is 3. The van der Waals surface area contributed by atoms with Gasteiger partial charge in [-0.05, 0) is 25.7 Å². The quantitative estimate of drug-likeness (QED) is 0.851. The standard InChI is InChI=1S/C12H20N2S/c1-9-4-3-5-11(6-9)14-10(2)12-7-15-8-13-12/h7-11,14H,3-6H2,1-2H3. The van der Waals surface area contributed by atoms with E-state index in [1.807, 2.05) is 5.51 Å². The first-order chi connectivity index (χ1) is 7.25.